The molecule has 4 heteroatoms. The van der Waals surface area contributed by atoms with Gasteiger partial charge in [0.25, 0.3) is 0 Å². The van der Waals surface area contributed by atoms with Crippen LogP contribution in [0.5, 0.6) is 0 Å². The largest absolute Gasteiger partial charge is 0.324 e. The number of rotatable bonds is 2. The van der Waals surface area contributed by atoms with Crippen molar-refractivity contribution in [3.8, 4) is 0 Å². The number of pyridine rings is 1. The van der Waals surface area contributed by atoms with Crippen molar-refractivity contribution in [2.75, 3.05) is 11.1 Å². The average molecular weight is 182 g/mol. The third-order valence-electron chi connectivity index (χ3n) is 1.42. The summed E-state index contributed by atoms with van der Waals surface area (Å²) in [5.74, 6) is 0.0726. The number of hydrogen-bond acceptors (Lipinski definition) is 3. The summed E-state index contributed by atoms with van der Waals surface area (Å²) in [7, 11) is 0. The van der Waals surface area contributed by atoms with Crippen LogP contribution in [0.2, 0.25) is 0 Å². The first-order chi connectivity index (χ1) is 5.74. The molecule has 0 atom stereocenters. The lowest BCUT2D eigenvalue weighted by Crippen LogP contribution is -2.13. The standard InChI is InChI=1S/C8H10N2OS/c1-6-7(3-2-4-9-6)10-8(11)5-12/h2-4,12H,5H2,1H3,(H,10,11). The van der Waals surface area contributed by atoms with Crippen LogP contribution < -0.4 is 5.32 Å². The van der Waals surface area contributed by atoms with Crippen LogP contribution in [-0.2, 0) is 4.79 Å². The normalized spacial score (nSPS) is 9.50. The number of anilines is 1. The monoisotopic (exact) mass is 182 g/mol. The van der Waals surface area contributed by atoms with Crippen LogP contribution in [0.15, 0.2) is 18.3 Å². The van der Waals surface area contributed by atoms with Crippen molar-refractivity contribution in [1.82, 2.24) is 4.98 Å². The maximum atomic E-state index is 10.9. The third-order valence-corrected chi connectivity index (χ3v) is 1.71. The SMILES string of the molecule is Cc1ncccc1NC(=O)CS. The van der Waals surface area contributed by atoms with Gasteiger partial charge in [0.2, 0.25) is 5.91 Å². The van der Waals surface area contributed by atoms with Gasteiger partial charge in [0.15, 0.2) is 0 Å². The number of thiol groups is 1. The second kappa shape index (κ2) is 4.11. The molecule has 0 bridgehead atoms. The molecule has 0 aliphatic carbocycles. The molecule has 0 saturated carbocycles. The number of aromatic nitrogens is 1. The minimum absolute atomic E-state index is 0.116. The van der Waals surface area contributed by atoms with E-state index in [1.807, 2.05) is 13.0 Å². The van der Waals surface area contributed by atoms with E-state index >= 15 is 0 Å². The predicted octanol–water partition coefficient (Wildman–Crippen LogP) is 1.26. The fourth-order valence-electron chi connectivity index (χ4n) is 0.806. The molecule has 1 aromatic rings. The molecule has 0 fully saturated rings. The van der Waals surface area contributed by atoms with Crippen molar-refractivity contribution < 1.29 is 4.79 Å². The van der Waals surface area contributed by atoms with Crippen LogP contribution in [0.25, 0.3) is 0 Å². The van der Waals surface area contributed by atoms with Gasteiger partial charge in [0, 0.05) is 6.20 Å². The first-order valence-electron chi connectivity index (χ1n) is 3.56. The van der Waals surface area contributed by atoms with Gasteiger partial charge in [-0.3, -0.25) is 9.78 Å². The van der Waals surface area contributed by atoms with Crippen LogP contribution in [0.3, 0.4) is 0 Å². The van der Waals surface area contributed by atoms with E-state index in [4.69, 9.17) is 0 Å². The number of nitrogens with one attached hydrogen (secondary N) is 1. The summed E-state index contributed by atoms with van der Waals surface area (Å²) < 4.78 is 0. The summed E-state index contributed by atoms with van der Waals surface area (Å²) in [6.45, 7) is 1.84. The molecule has 0 aliphatic heterocycles. The minimum Gasteiger partial charge on any atom is -0.324 e. The Kier molecular flexibility index (Phi) is 3.10. The zero-order valence-electron chi connectivity index (χ0n) is 6.74. The first kappa shape index (κ1) is 9.06. The molecule has 0 saturated heterocycles. The second-order valence-electron chi connectivity index (χ2n) is 2.34. The summed E-state index contributed by atoms with van der Waals surface area (Å²) in [6, 6.07) is 3.59. The number of nitrogens with zero attached hydrogens (tertiary/aromatic N) is 1. The van der Waals surface area contributed by atoms with Gasteiger partial charge >= 0.3 is 0 Å². The molecule has 0 aromatic carbocycles. The van der Waals surface area contributed by atoms with Gasteiger partial charge < -0.3 is 5.32 Å². The second-order valence-corrected chi connectivity index (χ2v) is 2.66. The lowest BCUT2D eigenvalue weighted by Gasteiger charge is -2.04. The van der Waals surface area contributed by atoms with Gasteiger partial charge in [-0.2, -0.15) is 12.6 Å². The van der Waals surface area contributed by atoms with Crippen LogP contribution in [-0.4, -0.2) is 16.6 Å². The third kappa shape index (κ3) is 2.23. The van der Waals surface area contributed by atoms with Crippen molar-refractivity contribution >= 4 is 24.2 Å². The Balaban J connectivity index is 2.75. The fourth-order valence-corrected chi connectivity index (χ4v) is 0.885. The summed E-state index contributed by atoms with van der Waals surface area (Å²) in [5, 5.41) is 2.68. The van der Waals surface area contributed by atoms with E-state index in [9.17, 15) is 4.79 Å². The Labute approximate surface area is 76.6 Å². The van der Waals surface area contributed by atoms with Crippen LogP contribution in [0, 0.1) is 6.92 Å². The number of amides is 1. The van der Waals surface area contributed by atoms with Gasteiger partial charge in [-0.15, -0.1) is 0 Å². The van der Waals surface area contributed by atoms with Crippen molar-refractivity contribution in [2.24, 2.45) is 0 Å². The smallest absolute Gasteiger partial charge is 0.234 e. The summed E-state index contributed by atoms with van der Waals surface area (Å²) in [6.07, 6.45) is 1.69. The van der Waals surface area contributed by atoms with E-state index in [-0.39, 0.29) is 11.7 Å². The highest BCUT2D eigenvalue weighted by Gasteiger charge is 2.01. The van der Waals surface area contributed by atoms with E-state index in [1.165, 1.54) is 0 Å². The average Bonchev–Trinajstić information content (AvgIpc) is 2.09. The summed E-state index contributed by atoms with van der Waals surface area (Å²) in [5.41, 5.74) is 1.56. The Morgan fingerprint density at radius 3 is 3.08 bits per heavy atom. The molecule has 0 radical (unpaired) electrons. The van der Waals surface area contributed by atoms with E-state index in [0.717, 1.165) is 11.4 Å². The molecule has 1 heterocycles. The molecule has 1 amide bonds. The molecule has 1 rings (SSSR count). The Hall–Kier alpha value is -1.03. The van der Waals surface area contributed by atoms with Gasteiger partial charge in [-0.25, -0.2) is 0 Å². The Morgan fingerprint density at radius 1 is 1.75 bits per heavy atom. The predicted molar refractivity (Wildman–Crippen MR) is 51.5 cm³/mol. The molecule has 0 spiro atoms. The maximum absolute atomic E-state index is 10.9. The van der Waals surface area contributed by atoms with E-state index in [2.05, 4.69) is 22.9 Å². The lowest BCUT2D eigenvalue weighted by atomic mass is 10.3. The molecule has 1 N–H and O–H groups in total. The molecule has 1 aromatic heterocycles. The van der Waals surface area contributed by atoms with Gasteiger partial charge in [0.1, 0.15) is 0 Å². The topological polar surface area (TPSA) is 42.0 Å². The molecule has 3 nitrogen and oxygen atoms in total. The van der Waals surface area contributed by atoms with Crippen LogP contribution >= 0.6 is 12.6 Å². The van der Waals surface area contributed by atoms with E-state index in [0.29, 0.717) is 0 Å². The van der Waals surface area contributed by atoms with Crippen molar-refractivity contribution in [3.63, 3.8) is 0 Å². The van der Waals surface area contributed by atoms with Crippen molar-refractivity contribution in [2.45, 2.75) is 6.92 Å². The minimum atomic E-state index is -0.116. The van der Waals surface area contributed by atoms with Crippen molar-refractivity contribution in [1.29, 1.82) is 0 Å². The number of aryl methyl sites for hydroxylation is 1. The molecular weight excluding hydrogens is 172 g/mol. The molecule has 12 heavy (non-hydrogen) atoms. The van der Waals surface area contributed by atoms with Gasteiger partial charge in [0.05, 0.1) is 17.1 Å². The van der Waals surface area contributed by atoms with Gasteiger partial charge in [-0.05, 0) is 19.1 Å². The van der Waals surface area contributed by atoms with Gasteiger partial charge in [-0.1, -0.05) is 0 Å². The maximum Gasteiger partial charge on any atom is 0.234 e. The number of hydrogen-bond donors (Lipinski definition) is 2. The Bertz CT molecular complexity index is 288. The van der Waals surface area contributed by atoms with Crippen LogP contribution in [0.1, 0.15) is 5.69 Å². The molecule has 0 unspecified atom stereocenters. The first-order valence-corrected chi connectivity index (χ1v) is 4.19. The Morgan fingerprint density at radius 2 is 2.50 bits per heavy atom. The van der Waals surface area contributed by atoms with E-state index < -0.39 is 0 Å². The highest BCUT2D eigenvalue weighted by atomic mass is 32.1. The fraction of sp³-hybridized carbons (Fsp3) is 0.250. The highest BCUT2D eigenvalue weighted by Crippen LogP contribution is 2.09. The summed E-state index contributed by atoms with van der Waals surface area (Å²) in [4.78, 5) is 14.9. The lowest BCUT2D eigenvalue weighted by molar-refractivity contribution is -0.113. The number of carbonyl (C=O) groups excluding carboxylic acids is 1. The summed E-state index contributed by atoms with van der Waals surface area (Å²) >= 11 is 3.85. The zero-order chi connectivity index (χ0) is 8.97. The van der Waals surface area contributed by atoms with E-state index in [1.54, 1.807) is 12.3 Å². The van der Waals surface area contributed by atoms with Crippen LogP contribution in [0.4, 0.5) is 5.69 Å². The molecule has 64 valence electrons. The highest BCUT2D eigenvalue weighted by molar-refractivity contribution is 7.81. The molecular formula is C8H10N2OS. The van der Waals surface area contributed by atoms with Crippen molar-refractivity contribution in [3.05, 3.63) is 24.0 Å². The quantitative estimate of drug-likeness (QED) is 0.676. The zero-order valence-corrected chi connectivity index (χ0v) is 7.64. The number of carbonyl (C=O) groups is 1. The molecule has 0 aliphatic rings.